The number of likely N-dealkylation sites (tertiary alicyclic amines) is 1. The summed E-state index contributed by atoms with van der Waals surface area (Å²) in [6.45, 7) is 5.52. The second kappa shape index (κ2) is 10.1. The summed E-state index contributed by atoms with van der Waals surface area (Å²) in [6.07, 6.45) is 1.70. The zero-order chi connectivity index (χ0) is 26.1. The van der Waals surface area contributed by atoms with Crippen LogP contribution >= 0.6 is 0 Å². The molecule has 38 heavy (non-hydrogen) atoms. The Bertz CT molecular complexity index is 1440. The second-order valence-electron chi connectivity index (χ2n) is 10.8. The van der Waals surface area contributed by atoms with Gasteiger partial charge in [0.15, 0.2) is 0 Å². The summed E-state index contributed by atoms with van der Waals surface area (Å²) in [6, 6.07) is 30.5. The molecular weight excluding hydrogens is 472 g/mol. The van der Waals surface area contributed by atoms with Crippen LogP contribution in [-0.4, -0.2) is 50.9 Å². The number of benzene rings is 3. The number of carbonyl (C=O) groups excluding carboxylic acids is 2. The van der Waals surface area contributed by atoms with Crippen LogP contribution in [0, 0.1) is 0 Å². The molecular formula is C32H34N4O2. The molecule has 0 bridgehead atoms. The number of hydrogen-bond acceptors (Lipinski definition) is 3. The molecule has 4 aromatic rings. The van der Waals surface area contributed by atoms with Gasteiger partial charge in [0.1, 0.15) is 11.2 Å². The lowest BCUT2D eigenvalue weighted by Gasteiger charge is -2.50. The normalized spacial score (nSPS) is 20.4. The first-order valence-electron chi connectivity index (χ1n) is 13.5. The summed E-state index contributed by atoms with van der Waals surface area (Å²) in [5, 5.41) is 4.18. The fourth-order valence-electron chi connectivity index (χ4n) is 6.19. The lowest BCUT2D eigenvalue weighted by Crippen LogP contribution is -2.67. The van der Waals surface area contributed by atoms with Gasteiger partial charge in [0.25, 0.3) is 5.91 Å². The lowest BCUT2D eigenvalue weighted by atomic mass is 9.89. The van der Waals surface area contributed by atoms with Crippen LogP contribution in [0.3, 0.4) is 0 Å². The third-order valence-corrected chi connectivity index (χ3v) is 8.20. The molecule has 6 heteroatoms. The van der Waals surface area contributed by atoms with Crippen molar-refractivity contribution in [1.82, 2.24) is 19.7 Å². The van der Waals surface area contributed by atoms with E-state index < -0.39 is 5.54 Å². The zero-order valence-electron chi connectivity index (χ0n) is 21.8. The molecule has 6 nitrogen and oxygen atoms in total. The third-order valence-electron chi connectivity index (χ3n) is 8.20. The molecule has 3 heterocycles. The van der Waals surface area contributed by atoms with E-state index in [1.165, 1.54) is 5.56 Å². The van der Waals surface area contributed by atoms with Crippen molar-refractivity contribution in [3.63, 3.8) is 0 Å². The molecule has 1 N–H and O–H groups in total. The summed E-state index contributed by atoms with van der Waals surface area (Å²) in [7, 11) is 0. The van der Waals surface area contributed by atoms with Crippen LogP contribution in [0.2, 0.25) is 0 Å². The van der Waals surface area contributed by atoms with Gasteiger partial charge < -0.3 is 14.8 Å². The number of nitrogens with zero attached hydrogens (tertiary/aromatic N) is 3. The predicted octanol–water partition coefficient (Wildman–Crippen LogP) is 4.84. The standard InChI is InChI=1S/C32H34N4O2/c1-32(31(38)33-21-24-10-4-2-5-11-24)23-35-28-15-9-8-14-26(28)20-29(35)30(37)36(32)27-16-18-34(19-17-27)22-25-12-6-3-7-13-25/h2-15,20,27H,16-19,21-23H2,1H3,(H,33,38). The Balaban J connectivity index is 1.28. The van der Waals surface area contributed by atoms with Gasteiger partial charge in [-0.25, -0.2) is 0 Å². The summed E-state index contributed by atoms with van der Waals surface area (Å²) < 4.78 is 2.04. The van der Waals surface area contributed by atoms with E-state index >= 15 is 0 Å². The molecule has 3 aromatic carbocycles. The van der Waals surface area contributed by atoms with E-state index in [9.17, 15) is 9.59 Å². The number of amides is 2. The van der Waals surface area contributed by atoms with Crippen molar-refractivity contribution >= 4 is 22.7 Å². The number of carbonyl (C=O) groups is 2. The molecule has 2 aliphatic rings. The topological polar surface area (TPSA) is 57.6 Å². The van der Waals surface area contributed by atoms with Gasteiger partial charge in [-0.1, -0.05) is 78.9 Å². The molecule has 1 fully saturated rings. The van der Waals surface area contributed by atoms with Crippen molar-refractivity contribution in [2.75, 3.05) is 13.1 Å². The van der Waals surface area contributed by atoms with E-state index in [2.05, 4.69) is 34.5 Å². The Morgan fingerprint density at radius 2 is 1.53 bits per heavy atom. The van der Waals surface area contributed by atoms with E-state index in [1.54, 1.807) is 0 Å². The molecule has 0 saturated carbocycles. The molecule has 2 aliphatic heterocycles. The van der Waals surface area contributed by atoms with Crippen molar-refractivity contribution < 1.29 is 9.59 Å². The molecule has 6 rings (SSSR count). The predicted molar refractivity (Wildman–Crippen MR) is 150 cm³/mol. The minimum atomic E-state index is -0.993. The number of fused-ring (bicyclic) bond motifs is 3. The number of aromatic nitrogens is 1. The van der Waals surface area contributed by atoms with Gasteiger partial charge >= 0.3 is 0 Å². The van der Waals surface area contributed by atoms with Crippen LogP contribution in [0.1, 0.15) is 41.4 Å². The maximum atomic E-state index is 14.2. The van der Waals surface area contributed by atoms with Gasteiger partial charge in [-0.15, -0.1) is 0 Å². The Morgan fingerprint density at radius 3 is 2.24 bits per heavy atom. The van der Waals surface area contributed by atoms with Crippen LogP contribution in [0.5, 0.6) is 0 Å². The average Bonchev–Trinajstić information content (AvgIpc) is 3.32. The highest BCUT2D eigenvalue weighted by Gasteiger charge is 2.50. The van der Waals surface area contributed by atoms with Crippen molar-refractivity contribution in [3.05, 3.63) is 108 Å². The van der Waals surface area contributed by atoms with E-state index in [0.29, 0.717) is 18.8 Å². The maximum absolute atomic E-state index is 14.2. The van der Waals surface area contributed by atoms with Crippen molar-refractivity contribution in [2.45, 2.75) is 51.0 Å². The van der Waals surface area contributed by atoms with Gasteiger partial charge in [0, 0.05) is 43.1 Å². The minimum Gasteiger partial charge on any atom is -0.350 e. The molecule has 1 aromatic heterocycles. The Hall–Kier alpha value is -3.90. The zero-order valence-corrected chi connectivity index (χ0v) is 21.8. The quantitative estimate of drug-likeness (QED) is 0.407. The van der Waals surface area contributed by atoms with E-state index in [-0.39, 0.29) is 17.9 Å². The number of hydrogen-bond donors (Lipinski definition) is 1. The molecule has 194 valence electrons. The van der Waals surface area contributed by atoms with Gasteiger partial charge in [-0.2, -0.15) is 0 Å². The largest absolute Gasteiger partial charge is 0.350 e. The highest BCUT2D eigenvalue weighted by atomic mass is 16.2. The Labute approximate surface area is 223 Å². The molecule has 1 atom stereocenters. The van der Waals surface area contributed by atoms with Crippen LogP contribution in [0.15, 0.2) is 91.0 Å². The highest BCUT2D eigenvalue weighted by Crippen LogP contribution is 2.36. The molecule has 0 radical (unpaired) electrons. The molecule has 1 saturated heterocycles. The fourth-order valence-corrected chi connectivity index (χ4v) is 6.19. The Kier molecular flexibility index (Phi) is 6.50. The number of para-hydroxylation sites is 1. The van der Waals surface area contributed by atoms with Crippen LogP contribution in [0.25, 0.3) is 10.9 Å². The van der Waals surface area contributed by atoms with E-state index in [1.807, 2.05) is 83.1 Å². The number of rotatable bonds is 6. The fraction of sp³-hybridized carbons (Fsp3) is 0.312. The van der Waals surface area contributed by atoms with Gasteiger partial charge in [-0.3, -0.25) is 14.5 Å². The van der Waals surface area contributed by atoms with Crippen molar-refractivity contribution in [2.24, 2.45) is 0 Å². The summed E-state index contributed by atoms with van der Waals surface area (Å²) in [5.41, 5.74) is 3.02. The monoisotopic (exact) mass is 506 g/mol. The van der Waals surface area contributed by atoms with Crippen molar-refractivity contribution in [3.8, 4) is 0 Å². The smallest absolute Gasteiger partial charge is 0.271 e. The second-order valence-corrected chi connectivity index (χ2v) is 10.8. The third kappa shape index (κ3) is 4.50. The minimum absolute atomic E-state index is 0.00811. The number of nitrogens with one attached hydrogen (secondary N) is 1. The summed E-state index contributed by atoms with van der Waals surface area (Å²) in [4.78, 5) is 32.5. The average molecular weight is 507 g/mol. The first-order chi connectivity index (χ1) is 18.5. The van der Waals surface area contributed by atoms with E-state index in [0.717, 1.165) is 48.9 Å². The molecule has 1 unspecified atom stereocenters. The molecule has 2 amide bonds. The lowest BCUT2D eigenvalue weighted by molar-refractivity contribution is -0.135. The van der Waals surface area contributed by atoms with Gasteiger partial charge in [0.2, 0.25) is 5.91 Å². The highest BCUT2D eigenvalue weighted by molar-refractivity contribution is 6.03. The van der Waals surface area contributed by atoms with Gasteiger partial charge in [-0.05, 0) is 43.0 Å². The summed E-state index contributed by atoms with van der Waals surface area (Å²) in [5.74, 6) is -0.156. The first kappa shape index (κ1) is 24.4. The van der Waals surface area contributed by atoms with Gasteiger partial charge in [0.05, 0.1) is 6.54 Å². The summed E-state index contributed by atoms with van der Waals surface area (Å²) >= 11 is 0. The van der Waals surface area contributed by atoms with Crippen LogP contribution < -0.4 is 5.32 Å². The molecule has 0 aliphatic carbocycles. The van der Waals surface area contributed by atoms with Crippen LogP contribution in [0.4, 0.5) is 0 Å². The van der Waals surface area contributed by atoms with E-state index in [4.69, 9.17) is 0 Å². The maximum Gasteiger partial charge on any atom is 0.271 e. The Morgan fingerprint density at radius 1 is 0.895 bits per heavy atom. The SMILES string of the molecule is CC1(C(=O)NCc2ccccc2)Cn2c(cc3ccccc32)C(=O)N1C1CCN(Cc2ccccc2)CC1. The number of piperidine rings is 1. The molecule has 0 spiro atoms. The first-order valence-corrected chi connectivity index (χ1v) is 13.5. The van der Waals surface area contributed by atoms with Crippen LogP contribution in [-0.2, 0) is 24.4 Å². The van der Waals surface area contributed by atoms with Crippen molar-refractivity contribution in [1.29, 1.82) is 0 Å².